The van der Waals surface area contributed by atoms with Gasteiger partial charge in [-0.2, -0.15) is 0 Å². The molecule has 6 rings (SSSR count). The van der Waals surface area contributed by atoms with Crippen molar-refractivity contribution in [2.24, 2.45) is 22.7 Å². The molecule has 0 spiro atoms. The molecule has 1 saturated heterocycles. The number of urea groups is 1. The minimum absolute atomic E-state index is 0.0798. The first-order chi connectivity index (χ1) is 19.0. The Morgan fingerprint density at radius 1 is 1.02 bits per heavy atom. The average molecular weight is 558 g/mol. The van der Waals surface area contributed by atoms with Crippen LogP contribution in [0, 0.1) is 22.7 Å². The van der Waals surface area contributed by atoms with Crippen molar-refractivity contribution in [2.75, 3.05) is 26.2 Å². The summed E-state index contributed by atoms with van der Waals surface area (Å²) in [6.07, 6.45) is 9.12. The van der Waals surface area contributed by atoms with Crippen molar-refractivity contribution >= 4 is 6.03 Å². The van der Waals surface area contributed by atoms with E-state index in [9.17, 15) is 24.9 Å². The number of aliphatic hydroxyl groups is 3. The Morgan fingerprint density at radius 2 is 1.80 bits per heavy atom. The summed E-state index contributed by atoms with van der Waals surface area (Å²) in [5, 5.41) is 40.3. The van der Waals surface area contributed by atoms with Gasteiger partial charge in [-0.25, -0.2) is 9.59 Å². The number of rotatable bonds is 5. The summed E-state index contributed by atoms with van der Waals surface area (Å²) in [5.41, 5.74) is -1.66. The Labute approximate surface area is 236 Å². The van der Waals surface area contributed by atoms with Gasteiger partial charge in [-0.15, -0.1) is 0 Å². The van der Waals surface area contributed by atoms with Gasteiger partial charge in [0.25, 0.3) is 0 Å². The highest BCUT2D eigenvalue weighted by molar-refractivity contribution is 5.74. The number of hydrogen-bond donors (Lipinski definition) is 5. The summed E-state index contributed by atoms with van der Waals surface area (Å²) in [7, 11) is 0. The lowest BCUT2D eigenvalue weighted by atomic mass is 9.42. The Bertz CT molecular complexity index is 1160. The average Bonchev–Trinajstić information content (AvgIpc) is 3.45. The van der Waals surface area contributed by atoms with E-state index in [2.05, 4.69) is 29.4 Å². The number of carbonyl (C=O) groups excluding carboxylic acids is 1. The number of carbonyl (C=O) groups is 1. The second kappa shape index (κ2) is 10.1. The van der Waals surface area contributed by atoms with E-state index < -0.39 is 11.2 Å². The van der Waals surface area contributed by atoms with Crippen molar-refractivity contribution in [1.29, 1.82) is 0 Å². The van der Waals surface area contributed by atoms with E-state index in [1.165, 1.54) is 6.07 Å². The number of hydrogen-bond acceptors (Lipinski definition) is 7. The zero-order chi connectivity index (χ0) is 28.3. The lowest BCUT2D eigenvalue weighted by Gasteiger charge is -2.66. The molecule has 1 aromatic heterocycles. The third-order valence-corrected chi connectivity index (χ3v) is 12.4. The van der Waals surface area contributed by atoms with Crippen molar-refractivity contribution < 1.29 is 24.5 Å². The topological polar surface area (TPSA) is 135 Å². The molecule has 40 heavy (non-hydrogen) atoms. The molecule has 1 aliphatic heterocycles. The fraction of sp³-hybridized carbons (Fsp3) is 0.806. The molecule has 9 atom stereocenters. The number of nitrogens with zero attached hydrogens (tertiary/aromatic N) is 1. The van der Waals surface area contributed by atoms with Crippen LogP contribution in [0.4, 0.5) is 4.79 Å². The van der Waals surface area contributed by atoms with Crippen LogP contribution in [0.2, 0.25) is 0 Å². The van der Waals surface area contributed by atoms with Crippen LogP contribution in [-0.2, 0) is 0 Å². The molecular formula is C31H47N3O6. The number of likely N-dealkylation sites (tertiary alicyclic amines) is 1. The molecular weight excluding hydrogens is 510 g/mol. The van der Waals surface area contributed by atoms with E-state index >= 15 is 0 Å². The molecule has 5 aliphatic rings. The van der Waals surface area contributed by atoms with Gasteiger partial charge in [0, 0.05) is 43.7 Å². The molecule has 1 aromatic rings. The molecule has 0 aromatic carbocycles. The van der Waals surface area contributed by atoms with E-state index in [4.69, 9.17) is 4.42 Å². The molecule has 4 aliphatic carbocycles. The standard InChI is InChI=1S/C31H47N3O6/c1-28-10-5-21(33-27(37)32-14-16-34-15-9-22(35)18-34)17-30(28,38)12-7-25-24(28)6-11-29(2)23(8-13-31(25,29)39)20-3-4-26(36)40-19-20/h3-4,19,21-25,35,38-39H,5-18H2,1-2H3,(H2,32,33,37)/t21-,22?,23+,24-,25+,28+,29+,30-,31-/m0/s1. The Kier molecular flexibility index (Phi) is 7.12. The van der Waals surface area contributed by atoms with Crippen LogP contribution in [0.15, 0.2) is 27.6 Å². The first kappa shape index (κ1) is 28.2. The van der Waals surface area contributed by atoms with Crippen molar-refractivity contribution in [1.82, 2.24) is 15.5 Å². The molecule has 222 valence electrons. The Hall–Kier alpha value is -1.94. The maximum Gasteiger partial charge on any atom is 0.335 e. The van der Waals surface area contributed by atoms with Gasteiger partial charge in [0.2, 0.25) is 0 Å². The minimum atomic E-state index is -0.874. The Morgan fingerprint density at radius 3 is 2.52 bits per heavy atom. The molecule has 2 heterocycles. The molecule has 4 saturated carbocycles. The van der Waals surface area contributed by atoms with E-state index in [1.807, 2.05) is 6.07 Å². The highest BCUT2D eigenvalue weighted by Crippen LogP contribution is 2.71. The van der Waals surface area contributed by atoms with E-state index in [1.54, 1.807) is 6.26 Å². The van der Waals surface area contributed by atoms with E-state index in [0.717, 1.165) is 70.0 Å². The predicted octanol–water partition coefficient (Wildman–Crippen LogP) is 2.73. The van der Waals surface area contributed by atoms with Gasteiger partial charge >= 0.3 is 11.7 Å². The van der Waals surface area contributed by atoms with E-state index in [-0.39, 0.29) is 52.4 Å². The number of nitrogens with one attached hydrogen (secondary N) is 2. The molecule has 2 amide bonds. The number of β-amino-alcohol motifs (C(OH)–C–C–N with tert-alkyl or cyclic N) is 1. The number of amides is 2. The van der Waals surface area contributed by atoms with E-state index in [0.29, 0.717) is 25.9 Å². The number of aliphatic hydroxyl groups excluding tert-OH is 1. The van der Waals surface area contributed by atoms with Crippen molar-refractivity contribution in [3.63, 3.8) is 0 Å². The lowest BCUT2D eigenvalue weighted by molar-refractivity contribution is -0.247. The van der Waals surface area contributed by atoms with Gasteiger partial charge in [-0.3, -0.25) is 4.90 Å². The first-order valence-corrected chi connectivity index (χ1v) is 15.5. The summed E-state index contributed by atoms with van der Waals surface area (Å²) in [6, 6.07) is 3.07. The fourth-order valence-electron chi connectivity index (χ4n) is 10.0. The third-order valence-electron chi connectivity index (χ3n) is 12.4. The van der Waals surface area contributed by atoms with Crippen LogP contribution in [0.5, 0.6) is 0 Å². The number of fused-ring (bicyclic) bond motifs is 5. The van der Waals surface area contributed by atoms with Crippen LogP contribution in [0.3, 0.4) is 0 Å². The zero-order valence-electron chi connectivity index (χ0n) is 24.0. The molecule has 0 bridgehead atoms. The van der Waals surface area contributed by atoms with Crippen LogP contribution >= 0.6 is 0 Å². The maximum atomic E-state index is 12.7. The van der Waals surface area contributed by atoms with Crippen LogP contribution in [0.25, 0.3) is 0 Å². The molecule has 5 fully saturated rings. The monoisotopic (exact) mass is 557 g/mol. The molecule has 5 N–H and O–H groups in total. The summed E-state index contributed by atoms with van der Waals surface area (Å²) >= 11 is 0. The minimum Gasteiger partial charge on any atom is -0.431 e. The quantitative estimate of drug-likeness (QED) is 0.376. The van der Waals surface area contributed by atoms with Gasteiger partial charge < -0.3 is 30.4 Å². The van der Waals surface area contributed by atoms with Gasteiger partial charge in [-0.1, -0.05) is 13.8 Å². The predicted molar refractivity (Wildman–Crippen MR) is 150 cm³/mol. The molecule has 1 unspecified atom stereocenters. The van der Waals surface area contributed by atoms with Crippen LogP contribution in [0.1, 0.15) is 89.5 Å². The molecule has 0 radical (unpaired) electrons. The lowest BCUT2D eigenvalue weighted by Crippen LogP contribution is -2.68. The summed E-state index contributed by atoms with van der Waals surface area (Å²) in [5.74, 6) is 0.488. The third kappa shape index (κ3) is 4.43. The van der Waals surface area contributed by atoms with Crippen molar-refractivity contribution in [2.45, 2.75) is 107 Å². The SMILES string of the molecule is C[C@]12CC[C@H](NC(=O)NCCN3CCC(O)C3)C[C@@]1(O)CC[C@@H]1[C@@H]2CC[C@]2(C)[C@@H](c3ccc(=O)oc3)CC[C@]12O. The van der Waals surface area contributed by atoms with Gasteiger partial charge in [0.05, 0.1) is 23.6 Å². The summed E-state index contributed by atoms with van der Waals surface area (Å²) in [6.45, 7) is 7.24. The van der Waals surface area contributed by atoms with Crippen molar-refractivity contribution in [3.05, 3.63) is 34.4 Å². The van der Waals surface area contributed by atoms with Crippen LogP contribution < -0.4 is 16.3 Å². The van der Waals surface area contributed by atoms with Gasteiger partial charge in [0.1, 0.15) is 0 Å². The fourth-order valence-corrected chi connectivity index (χ4v) is 10.0. The highest BCUT2D eigenvalue weighted by Gasteiger charge is 2.70. The smallest absolute Gasteiger partial charge is 0.335 e. The summed E-state index contributed by atoms with van der Waals surface area (Å²) in [4.78, 5) is 26.4. The first-order valence-electron chi connectivity index (χ1n) is 15.5. The zero-order valence-corrected chi connectivity index (χ0v) is 24.0. The molecule has 9 heteroatoms. The Balaban J connectivity index is 1.11. The normalized spacial score (nSPS) is 44.9. The van der Waals surface area contributed by atoms with Crippen molar-refractivity contribution in [3.8, 4) is 0 Å². The van der Waals surface area contributed by atoms with Gasteiger partial charge in [0.15, 0.2) is 0 Å². The van der Waals surface area contributed by atoms with Crippen LogP contribution in [-0.4, -0.2) is 75.8 Å². The van der Waals surface area contributed by atoms with Gasteiger partial charge in [-0.05, 0) is 99.0 Å². The second-order valence-electron chi connectivity index (χ2n) is 14.1. The largest absolute Gasteiger partial charge is 0.431 e. The summed E-state index contributed by atoms with van der Waals surface area (Å²) < 4.78 is 5.21. The highest BCUT2D eigenvalue weighted by atomic mass is 16.4. The molecule has 9 nitrogen and oxygen atoms in total. The second-order valence-corrected chi connectivity index (χ2v) is 14.1. The maximum absolute atomic E-state index is 12.7.